The van der Waals surface area contributed by atoms with Gasteiger partial charge in [-0.25, -0.2) is 13.6 Å². The predicted molar refractivity (Wildman–Crippen MR) is 141 cm³/mol. The van der Waals surface area contributed by atoms with Crippen LogP contribution >= 0.6 is 0 Å². The second-order valence-corrected chi connectivity index (χ2v) is 9.37. The number of carbonyl (C=O) groups is 1. The van der Waals surface area contributed by atoms with E-state index in [4.69, 9.17) is 4.74 Å². The first-order chi connectivity index (χ1) is 17.8. The molecule has 5 rings (SSSR count). The summed E-state index contributed by atoms with van der Waals surface area (Å²) in [7, 11) is 0. The van der Waals surface area contributed by atoms with E-state index in [9.17, 15) is 14.3 Å². The number of hydrogen-bond acceptors (Lipinski definition) is 4. The SMILES string of the molecule is Cc1ccc(N2CC(CCN[C@H](C)c3cccc4ccccc34)Oc3c(F)cccc32)c(F)c1C(=O)O. The topological polar surface area (TPSA) is 61.8 Å². The minimum Gasteiger partial charge on any atom is -0.483 e. The smallest absolute Gasteiger partial charge is 0.339 e. The average Bonchev–Trinajstić information content (AvgIpc) is 2.88. The predicted octanol–water partition coefficient (Wildman–Crippen LogP) is 6.76. The molecule has 2 N–H and O–H groups in total. The summed E-state index contributed by atoms with van der Waals surface area (Å²) in [5.41, 5.74) is 1.57. The maximum Gasteiger partial charge on any atom is 0.339 e. The molecule has 0 radical (unpaired) electrons. The number of rotatable bonds is 7. The molecule has 0 aromatic heterocycles. The maximum absolute atomic E-state index is 15.4. The molecule has 0 fully saturated rings. The second-order valence-electron chi connectivity index (χ2n) is 9.37. The lowest BCUT2D eigenvalue weighted by Gasteiger charge is -2.37. The van der Waals surface area contributed by atoms with Crippen molar-refractivity contribution >= 4 is 28.1 Å². The summed E-state index contributed by atoms with van der Waals surface area (Å²) in [5, 5.41) is 15.4. The number of aryl methyl sites for hydroxylation is 1. The fourth-order valence-corrected chi connectivity index (χ4v) is 5.04. The number of para-hydroxylation sites is 1. The molecule has 1 aliphatic rings. The number of aromatic carboxylic acids is 1. The lowest BCUT2D eigenvalue weighted by atomic mass is 9.99. The molecule has 1 unspecified atom stereocenters. The van der Waals surface area contributed by atoms with Crippen molar-refractivity contribution in [3.05, 3.63) is 101 Å². The highest BCUT2D eigenvalue weighted by Gasteiger charge is 2.32. The Morgan fingerprint density at radius 3 is 2.62 bits per heavy atom. The molecule has 0 bridgehead atoms. The molecule has 1 aliphatic heterocycles. The molecule has 0 amide bonds. The van der Waals surface area contributed by atoms with Gasteiger partial charge < -0.3 is 20.1 Å². The van der Waals surface area contributed by atoms with E-state index in [1.807, 2.05) is 18.2 Å². The van der Waals surface area contributed by atoms with Crippen molar-refractivity contribution in [2.75, 3.05) is 18.0 Å². The number of carboxylic acids is 1. The molecule has 37 heavy (non-hydrogen) atoms. The normalized spacial score (nSPS) is 15.8. The highest BCUT2D eigenvalue weighted by atomic mass is 19.1. The van der Waals surface area contributed by atoms with Crippen molar-refractivity contribution in [2.45, 2.75) is 32.4 Å². The standard InChI is InChI=1S/C30H28F2N2O3/c1-18-13-14-25(28(32)27(18)30(35)36)34-17-21(37-29-24(31)11-6-12-26(29)34)15-16-33-19(2)22-10-5-8-20-7-3-4-9-23(20)22/h3-14,19,21,33H,15-17H2,1-2H3,(H,35,36)/t19-,21?/m1/s1. The van der Waals surface area contributed by atoms with Crippen molar-refractivity contribution in [1.29, 1.82) is 0 Å². The average molecular weight is 503 g/mol. The van der Waals surface area contributed by atoms with Gasteiger partial charge in [-0.3, -0.25) is 0 Å². The van der Waals surface area contributed by atoms with E-state index in [-0.39, 0.29) is 29.6 Å². The third kappa shape index (κ3) is 4.74. The van der Waals surface area contributed by atoms with Crippen LogP contribution in [0.3, 0.4) is 0 Å². The molecule has 5 nitrogen and oxygen atoms in total. The monoisotopic (exact) mass is 502 g/mol. The Hall–Kier alpha value is -3.97. The summed E-state index contributed by atoms with van der Waals surface area (Å²) in [6.45, 7) is 4.48. The zero-order valence-electron chi connectivity index (χ0n) is 20.7. The van der Waals surface area contributed by atoms with Gasteiger partial charge in [0.15, 0.2) is 17.4 Å². The van der Waals surface area contributed by atoms with Gasteiger partial charge in [-0.2, -0.15) is 0 Å². The molecule has 2 atom stereocenters. The molecule has 0 aliphatic carbocycles. The first kappa shape index (κ1) is 24.7. The Kier molecular flexibility index (Phi) is 6.80. The van der Waals surface area contributed by atoms with Gasteiger partial charge in [0.2, 0.25) is 0 Å². The summed E-state index contributed by atoms with van der Waals surface area (Å²) in [6, 6.07) is 22.1. The van der Waals surface area contributed by atoms with E-state index >= 15 is 4.39 Å². The van der Waals surface area contributed by atoms with Gasteiger partial charge in [0.25, 0.3) is 0 Å². The van der Waals surface area contributed by atoms with Gasteiger partial charge >= 0.3 is 5.97 Å². The third-order valence-electron chi connectivity index (χ3n) is 6.95. The Balaban J connectivity index is 1.37. The van der Waals surface area contributed by atoms with Crippen LogP contribution in [0.25, 0.3) is 10.8 Å². The number of hydrogen-bond donors (Lipinski definition) is 2. The van der Waals surface area contributed by atoms with E-state index in [0.29, 0.717) is 24.2 Å². The van der Waals surface area contributed by atoms with Crippen molar-refractivity contribution in [3.63, 3.8) is 0 Å². The van der Waals surface area contributed by atoms with Gasteiger partial charge in [0.1, 0.15) is 11.7 Å². The molecule has 4 aromatic carbocycles. The largest absolute Gasteiger partial charge is 0.483 e. The van der Waals surface area contributed by atoms with Crippen molar-refractivity contribution in [2.24, 2.45) is 0 Å². The van der Waals surface area contributed by atoms with Crippen LogP contribution in [0.5, 0.6) is 5.75 Å². The first-order valence-corrected chi connectivity index (χ1v) is 12.3. The number of nitrogens with zero attached hydrogens (tertiary/aromatic N) is 1. The molecule has 0 saturated heterocycles. The number of fused-ring (bicyclic) bond motifs is 2. The van der Waals surface area contributed by atoms with Crippen LogP contribution in [-0.4, -0.2) is 30.3 Å². The maximum atomic E-state index is 15.4. The zero-order chi connectivity index (χ0) is 26.1. The Morgan fingerprint density at radius 1 is 1.05 bits per heavy atom. The van der Waals surface area contributed by atoms with Gasteiger partial charge in [-0.05, 0) is 66.9 Å². The lowest BCUT2D eigenvalue weighted by Crippen LogP contribution is -2.40. The van der Waals surface area contributed by atoms with Crippen LogP contribution < -0.4 is 15.0 Å². The fourth-order valence-electron chi connectivity index (χ4n) is 5.04. The van der Waals surface area contributed by atoms with Crippen molar-refractivity contribution < 1.29 is 23.4 Å². The van der Waals surface area contributed by atoms with Gasteiger partial charge in [0, 0.05) is 6.04 Å². The van der Waals surface area contributed by atoms with Crippen LogP contribution in [0, 0.1) is 18.6 Å². The summed E-state index contributed by atoms with van der Waals surface area (Å²) in [4.78, 5) is 13.3. The Bertz CT molecular complexity index is 1470. The second kappa shape index (κ2) is 10.2. The van der Waals surface area contributed by atoms with Gasteiger partial charge in [0.05, 0.1) is 17.9 Å². The van der Waals surface area contributed by atoms with Gasteiger partial charge in [-0.15, -0.1) is 0 Å². The highest BCUT2D eigenvalue weighted by Crippen LogP contribution is 2.42. The van der Waals surface area contributed by atoms with Crippen LogP contribution in [0.15, 0.2) is 72.8 Å². The van der Waals surface area contributed by atoms with Crippen molar-refractivity contribution in [1.82, 2.24) is 5.32 Å². The minimum absolute atomic E-state index is 0.0395. The molecule has 0 spiro atoms. The molecule has 7 heteroatoms. The number of carboxylic acid groups (broad SMARTS) is 1. The van der Waals surface area contributed by atoms with Gasteiger partial charge in [-0.1, -0.05) is 54.6 Å². The number of ether oxygens (including phenoxy) is 1. The van der Waals surface area contributed by atoms with E-state index in [0.717, 1.165) is 0 Å². The molecule has 1 heterocycles. The van der Waals surface area contributed by atoms with Crippen molar-refractivity contribution in [3.8, 4) is 5.75 Å². The fraction of sp³-hybridized carbons (Fsp3) is 0.233. The number of anilines is 2. The van der Waals surface area contributed by atoms with E-state index in [2.05, 4.69) is 36.5 Å². The van der Waals surface area contributed by atoms with Crippen LogP contribution in [0.2, 0.25) is 0 Å². The Labute approximate surface area is 214 Å². The molecular formula is C30H28F2N2O3. The summed E-state index contributed by atoms with van der Waals surface area (Å²) in [6.07, 6.45) is 0.101. The minimum atomic E-state index is -1.34. The summed E-state index contributed by atoms with van der Waals surface area (Å²) < 4.78 is 36.2. The van der Waals surface area contributed by atoms with Crippen LogP contribution in [0.4, 0.5) is 20.2 Å². The van der Waals surface area contributed by atoms with E-state index in [1.165, 1.54) is 34.5 Å². The quantitative estimate of drug-likeness (QED) is 0.292. The van der Waals surface area contributed by atoms with Crippen LogP contribution in [-0.2, 0) is 0 Å². The first-order valence-electron chi connectivity index (χ1n) is 12.3. The lowest BCUT2D eigenvalue weighted by molar-refractivity contribution is 0.0691. The molecule has 4 aromatic rings. The van der Waals surface area contributed by atoms with E-state index in [1.54, 1.807) is 24.0 Å². The molecule has 190 valence electrons. The highest BCUT2D eigenvalue weighted by molar-refractivity contribution is 5.92. The molecule has 0 saturated carbocycles. The number of benzene rings is 4. The molecular weight excluding hydrogens is 474 g/mol. The summed E-state index contributed by atoms with van der Waals surface area (Å²) >= 11 is 0. The number of halogens is 2. The zero-order valence-corrected chi connectivity index (χ0v) is 20.7. The Morgan fingerprint density at radius 2 is 1.81 bits per heavy atom. The van der Waals surface area contributed by atoms with Crippen LogP contribution in [0.1, 0.15) is 40.9 Å². The summed E-state index contributed by atoms with van der Waals surface area (Å²) in [5.74, 6) is -2.69. The van der Waals surface area contributed by atoms with E-state index < -0.39 is 23.7 Å². The number of nitrogens with one attached hydrogen (secondary N) is 1. The third-order valence-corrected chi connectivity index (χ3v) is 6.95.